The van der Waals surface area contributed by atoms with Gasteiger partial charge in [0.2, 0.25) is 5.91 Å². The Balaban J connectivity index is 0.00000169. The second-order valence-corrected chi connectivity index (χ2v) is 4.23. The van der Waals surface area contributed by atoms with Gasteiger partial charge in [-0.25, -0.2) is 0 Å². The summed E-state index contributed by atoms with van der Waals surface area (Å²) in [6.45, 7) is 8.13. The van der Waals surface area contributed by atoms with Crippen molar-refractivity contribution < 1.29 is 4.79 Å². The Kier molecular flexibility index (Phi) is 6.12. The molecule has 1 amide bonds. The molecule has 0 bridgehead atoms. The summed E-state index contributed by atoms with van der Waals surface area (Å²) < 4.78 is 0. The van der Waals surface area contributed by atoms with E-state index in [1.165, 1.54) is 0 Å². The highest BCUT2D eigenvalue weighted by Gasteiger charge is 2.23. The predicted molar refractivity (Wildman–Crippen MR) is 60.7 cm³/mol. The third-order valence-electron chi connectivity index (χ3n) is 2.80. The van der Waals surface area contributed by atoms with Gasteiger partial charge in [0.1, 0.15) is 0 Å². The summed E-state index contributed by atoms with van der Waals surface area (Å²) in [4.78, 5) is 11.6. The minimum atomic E-state index is 0. The van der Waals surface area contributed by atoms with Gasteiger partial charge in [0.25, 0.3) is 0 Å². The van der Waals surface area contributed by atoms with Crippen LogP contribution in [0, 0.1) is 11.8 Å². The number of amides is 1. The third-order valence-corrected chi connectivity index (χ3v) is 2.80. The van der Waals surface area contributed by atoms with Crippen molar-refractivity contribution >= 4 is 18.3 Å². The molecule has 1 fully saturated rings. The van der Waals surface area contributed by atoms with Gasteiger partial charge in [-0.15, -0.1) is 12.4 Å². The Bertz CT molecular complexity index is 179. The van der Waals surface area contributed by atoms with Crippen molar-refractivity contribution in [3.8, 4) is 0 Å². The van der Waals surface area contributed by atoms with Crippen LogP contribution in [0.15, 0.2) is 0 Å². The lowest BCUT2D eigenvalue weighted by Crippen LogP contribution is -2.40. The lowest BCUT2D eigenvalue weighted by molar-refractivity contribution is -0.125. The van der Waals surface area contributed by atoms with Gasteiger partial charge in [0.05, 0.1) is 5.92 Å². The van der Waals surface area contributed by atoms with Gasteiger partial charge in [0, 0.05) is 12.6 Å². The molecule has 4 heteroatoms. The van der Waals surface area contributed by atoms with Gasteiger partial charge in [-0.05, 0) is 25.8 Å². The van der Waals surface area contributed by atoms with Gasteiger partial charge in [-0.1, -0.05) is 13.8 Å². The van der Waals surface area contributed by atoms with E-state index in [2.05, 4.69) is 31.4 Å². The Morgan fingerprint density at radius 3 is 2.50 bits per heavy atom. The van der Waals surface area contributed by atoms with E-state index in [9.17, 15) is 4.79 Å². The first-order valence-electron chi connectivity index (χ1n) is 5.12. The largest absolute Gasteiger partial charge is 0.353 e. The van der Waals surface area contributed by atoms with Crippen LogP contribution in [0.2, 0.25) is 0 Å². The number of rotatable bonds is 3. The highest BCUT2D eigenvalue weighted by molar-refractivity contribution is 5.85. The van der Waals surface area contributed by atoms with Crippen LogP contribution in [-0.4, -0.2) is 25.0 Å². The average Bonchev–Trinajstić information content (AvgIpc) is 2.55. The number of carbonyl (C=O) groups is 1. The van der Waals surface area contributed by atoms with Gasteiger partial charge in [-0.3, -0.25) is 4.79 Å². The van der Waals surface area contributed by atoms with E-state index in [1.54, 1.807) is 0 Å². The molecule has 1 heterocycles. The second kappa shape index (κ2) is 6.25. The van der Waals surface area contributed by atoms with Gasteiger partial charge < -0.3 is 10.6 Å². The van der Waals surface area contributed by atoms with Crippen LogP contribution >= 0.6 is 12.4 Å². The summed E-state index contributed by atoms with van der Waals surface area (Å²) in [5.74, 6) is 0.922. The normalized spacial score (nSPS) is 23.0. The lowest BCUT2D eigenvalue weighted by Gasteiger charge is -2.19. The van der Waals surface area contributed by atoms with Gasteiger partial charge in [-0.2, -0.15) is 0 Å². The molecule has 3 nitrogen and oxygen atoms in total. The summed E-state index contributed by atoms with van der Waals surface area (Å²) >= 11 is 0. The Morgan fingerprint density at radius 2 is 2.07 bits per heavy atom. The van der Waals surface area contributed by atoms with E-state index < -0.39 is 0 Å². The molecule has 14 heavy (non-hydrogen) atoms. The molecule has 0 radical (unpaired) electrons. The van der Waals surface area contributed by atoms with Crippen LogP contribution in [0.5, 0.6) is 0 Å². The topological polar surface area (TPSA) is 41.1 Å². The van der Waals surface area contributed by atoms with Crippen LogP contribution < -0.4 is 10.6 Å². The van der Waals surface area contributed by atoms with E-state index >= 15 is 0 Å². The first-order chi connectivity index (χ1) is 6.11. The minimum absolute atomic E-state index is 0. The van der Waals surface area contributed by atoms with Gasteiger partial charge >= 0.3 is 0 Å². The molecule has 1 saturated heterocycles. The van der Waals surface area contributed by atoms with E-state index in [0.717, 1.165) is 19.5 Å². The van der Waals surface area contributed by atoms with Crippen molar-refractivity contribution in [1.29, 1.82) is 0 Å². The molecule has 1 aliphatic heterocycles. The molecule has 2 atom stereocenters. The zero-order valence-electron chi connectivity index (χ0n) is 9.17. The second-order valence-electron chi connectivity index (χ2n) is 4.23. The molecule has 0 aromatic heterocycles. The van der Waals surface area contributed by atoms with E-state index in [0.29, 0.717) is 5.92 Å². The molecular formula is C10H21ClN2O. The number of carbonyl (C=O) groups excluding carboxylic acids is 1. The quantitative estimate of drug-likeness (QED) is 0.750. The fourth-order valence-electron chi connectivity index (χ4n) is 1.39. The van der Waals surface area contributed by atoms with Crippen molar-refractivity contribution in [2.75, 3.05) is 13.1 Å². The third kappa shape index (κ3) is 3.84. The molecule has 0 saturated carbocycles. The highest BCUT2D eigenvalue weighted by Crippen LogP contribution is 2.09. The molecule has 1 rings (SSSR count). The fourth-order valence-corrected chi connectivity index (χ4v) is 1.39. The maximum Gasteiger partial charge on any atom is 0.224 e. The molecule has 0 aliphatic carbocycles. The minimum Gasteiger partial charge on any atom is -0.353 e. The van der Waals surface area contributed by atoms with Crippen molar-refractivity contribution in [3.63, 3.8) is 0 Å². The summed E-state index contributed by atoms with van der Waals surface area (Å²) in [7, 11) is 0. The summed E-state index contributed by atoms with van der Waals surface area (Å²) in [6.07, 6.45) is 0.983. The molecule has 0 aromatic rings. The maximum atomic E-state index is 11.6. The van der Waals surface area contributed by atoms with Crippen LogP contribution in [-0.2, 0) is 4.79 Å². The zero-order chi connectivity index (χ0) is 9.84. The number of nitrogens with one attached hydrogen (secondary N) is 2. The van der Waals surface area contributed by atoms with Crippen LogP contribution in [0.4, 0.5) is 0 Å². The molecule has 1 unspecified atom stereocenters. The van der Waals surface area contributed by atoms with Crippen molar-refractivity contribution in [2.45, 2.75) is 33.2 Å². The van der Waals surface area contributed by atoms with Crippen molar-refractivity contribution in [1.82, 2.24) is 10.6 Å². The SMILES string of the molecule is CC(C)C(C)NC(=O)[C@H]1CCNC1.Cl. The first-order valence-corrected chi connectivity index (χ1v) is 5.12. The summed E-state index contributed by atoms with van der Waals surface area (Å²) in [5.41, 5.74) is 0. The maximum absolute atomic E-state index is 11.6. The smallest absolute Gasteiger partial charge is 0.224 e. The number of hydrogen-bond acceptors (Lipinski definition) is 2. The molecular weight excluding hydrogens is 200 g/mol. The predicted octanol–water partition coefficient (Wildman–Crippen LogP) is 1.18. The number of hydrogen-bond donors (Lipinski definition) is 2. The van der Waals surface area contributed by atoms with E-state index in [-0.39, 0.29) is 30.3 Å². The lowest BCUT2D eigenvalue weighted by atomic mass is 10.0. The van der Waals surface area contributed by atoms with E-state index in [1.807, 2.05) is 0 Å². The Labute approximate surface area is 92.4 Å². The van der Waals surface area contributed by atoms with Crippen LogP contribution in [0.3, 0.4) is 0 Å². The molecule has 0 aromatic carbocycles. The number of halogens is 1. The van der Waals surface area contributed by atoms with Crippen molar-refractivity contribution in [2.24, 2.45) is 11.8 Å². The van der Waals surface area contributed by atoms with E-state index in [4.69, 9.17) is 0 Å². The molecule has 84 valence electrons. The first kappa shape index (κ1) is 13.7. The van der Waals surface area contributed by atoms with Gasteiger partial charge in [0.15, 0.2) is 0 Å². The molecule has 1 aliphatic rings. The van der Waals surface area contributed by atoms with Crippen LogP contribution in [0.25, 0.3) is 0 Å². The molecule has 0 spiro atoms. The highest BCUT2D eigenvalue weighted by atomic mass is 35.5. The average molecular weight is 221 g/mol. The van der Waals surface area contributed by atoms with Crippen molar-refractivity contribution in [3.05, 3.63) is 0 Å². The zero-order valence-corrected chi connectivity index (χ0v) is 9.99. The summed E-state index contributed by atoms with van der Waals surface area (Å²) in [6, 6.07) is 0.285. The van der Waals surface area contributed by atoms with Crippen LogP contribution in [0.1, 0.15) is 27.2 Å². The molecule has 2 N–H and O–H groups in total. The Hall–Kier alpha value is -0.280. The summed E-state index contributed by atoms with van der Waals surface area (Å²) in [5, 5.41) is 6.24. The standard InChI is InChI=1S/C10H20N2O.ClH/c1-7(2)8(3)12-10(13)9-4-5-11-6-9;/h7-9,11H,4-6H2,1-3H3,(H,12,13);1H/t8?,9-;/m0./s1. The Morgan fingerprint density at radius 1 is 1.43 bits per heavy atom. The monoisotopic (exact) mass is 220 g/mol. The fraction of sp³-hybridized carbons (Fsp3) is 0.900.